The summed E-state index contributed by atoms with van der Waals surface area (Å²) in [5, 5.41) is 13.0. The third-order valence-electron chi connectivity index (χ3n) is 3.98. The predicted molar refractivity (Wildman–Crippen MR) is 93.9 cm³/mol. The lowest BCUT2D eigenvalue weighted by atomic mass is 10.2. The second-order valence-electron chi connectivity index (χ2n) is 5.43. The number of hydrogen-bond acceptors (Lipinski definition) is 5. The molecule has 0 saturated carbocycles. The van der Waals surface area contributed by atoms with Crippen LogP contribution in [0.15, 0.2) is 48.5 Å². The highest BCUT2D eigenvalue weighted by atomic mass is 16.5. The molecule has 0 amide bonds. The van der Waals surface area contributed by atoms with Crippen molar-refractivity contribution >= 4 is 28.2 Å². The second kappa shape index (κ2) is 5.81. The van der Waals surface area contributed by atoms with Gasteiger partial charge in [-0.3, -0.25) is 0 Å². The second-order valence-corrected chi connectivity index (χ2v) is 5.43. The number of rotatable bonds is 4. The number of hydrogen-bond donors (Lipinski definition) is 1. The summed E-state index contributed by atoms with van der Waals surface area (Å²) < 4.78 is 7.18. The predicted octanol–water partition coefficient (Wildman–Crippen LogP) is 3.59. The fraction of sp³-hybridized carbons (Fsp3) is 0.167. The Labute approximate surface area is 139 Å². The monoisotopic (exact) mass is 319 g/mol. The van der Waals surface area contributed by atoms with Crippen molar-refractivity contribution in [3.63, 3.8) is 0 Å². The van der Waals surface area contributed by atoms with Gasteiger partial charge in [-0.1, -0.05) is 19.1 Å². The summed E-state index contributed by atoms with van der Waals surface area (Å²) in [5.41, 5.74) is 2.63. The van der Waals surface area contributed by atoms with Crippen LogP contribution in [0.1, 0.15) is 12.7 Å². The van der Waals surface area contributed by atoms with Gasteiger partial charge in [-0.05, 0) is 36.4 Å². The first-order chi connectivity index (χ1) is 11.8. The number of fused-ring (bicyclic) bond motifs is 3. The summed E-state index contributed by atoms with van der Waals surface area (Å²) in [4.78, 5) is 4.76. The zero-order chi connectivity index (χ0) is 16.5. The van der Waals surface area contributed by atoms with E-state index < -0.39 is 0 Å². The van der Waals surface area contributed by atoms with Gasteiger partial charge in [-0.15, -0.1) is 10.2 Å². The molecule has 0 fully saturated rings. The van der Waals surface area contributed by atoms with Gasteiger partial charge in [-0.2, -0.15) is 0 Å². The van der Waals surface area contributed by atoms with Gasteiger partial charge in [0.15, 0.2) is 5.65 Å². The van der Waals surface area contributed by atoms with Gasteiger partial charge in [0, 0.05) is 17.5 Å². The van der Waals surface area contributed by atoms with E-state index in [9.17, 15) is 0 Å². The van der Waals surface area contributed by atoms with Gasteiger partial charge < -0.3 is 10.1 Å². The summed E-state index contributed by atoms with van der Waals surface area (Å²) >= 11 is 0. The average Bonchev–Trinajstić information content (AvgIpc) is 3.07. The molecule has 4 aromatic rings. The smallest absolute Gasteiger partial charge is 0.215 e. The molecule has 1 N–H and O–H groups in total. The van der Waals surface area contributed by atoms with E-state index >= 15 is 0 Å². The van der Waals surface area contributed by atoms with Gasteiger partial charge >= 0.3 is 0 Å². The molecule has 0 bridgehead atoms. The van der Waals surface area contributed by atoms with Crippen molar-refractivity contribution in [3.8, 4) is 5.75 Å². The number of aromatic nitrogens is 4. The van der Waals surface area contributed by atoms with Gasteiger partial charge in [0.25, 0.3) is 0 Å². The standard InChI is InChI=1S/C18H17N5O/c1-3-16-21-22-17-14-6-4-5-7-15(14)20-18(23(16)17)19-12-8-10-13(24-2)11-9-12/h4-11H,3H2,1-2H3,(H,19,20). The van der Waals surface area contributed by atoms with Crippen LogP contribution in [0, 0.1) is 0 Å². The van der Waals surface area contributed by atoms with Crippen molar-refractivity contribution in [2.24, 2.45) is 0 Å². The third-order valence-corrected chi connectivity index (χ3v) is 3.98. The molecule has 0 atom stereocenters. The molecule has 0 radical (unpaired) electrons. The Morgan fingerprint density at radius 1 is 1.04 bits per heavy atom. The molecular weight excluding hydrogens is 302 g/mol. The minimum absolute atomic E-state index is 0.704. The molecule has 0 spiro atoms. The Bertz CT molecular complexity index is 1010. The molecule has 24 heavy (non-hydrogen) atoms. The van der Waals surface area contributed by atoms with E-state index in [4.69, 9.17) is 9.72 Å². The van der Waals surface area contributed by atoms with Crippen LogP contribution in [0.4, 0.5) is 11.6 Å². The molecular formula is C18H17N5O. The minimum Gasteiger partial charge on any atom is -0.497 e. The molecule has 0 unspecified atom stereocenters. The minimum atomic E-state index is 0.704. The molecule has 2 aromatic heterocycles. The number of nitrogens with one attached hydrogen (secondary N) is 1. The molecule has 120 valence electrons. The quantitative estimate of drug-likeness (QED) is 0.623. The van der Waals surface area contributed by atoms with Crippen molar-refractivity contribution in [1.29, 1.82) is 0 Å². The lowest BCUT2D eigenvalue weighted by Gasteiger charge is -2.11. The summed E-state index contributed by atoms with van der Waals surface area (Å²) in [6, 6.07) is 15.7. The van der Waals surface area contributed by atoms with E-state index in [1.54, 1.807) is 7.11 Å². The SMILES string of the molecule is CCc1nnc2c3ccccc3nc(Nc3ccc(OC)cc3)n12. The van der Waals surface area contributed by atoms with Crippen LogP contribution in [0.25, 0.3) is 16.6 Å². The highest BCUT2D eigenvalue weighted by Gasteiger charge is 2.14. The summed E-state index contributed by atoms with van der Waals surface area (Å²) in [7, 11) is 1.65. The average molecular weight is 319 g/mol. The highest BCUT2D eigenvalue weighted by molar-refractivity contribution is 5.92. The van der Waals surface area contributed by atoms with Gasteiger partial charge in [0.05, 0.1) is 12.6 Å². The van der Waals surface area contributed by atoms with Gasteiger partial charge in [0.2, 0.25) is 5.95 Å². The zero-order valence-electron chi connectivity index (χ0n) is 13.5. The van der Waals surface area contributed by atoms with E-state index in [0.717, 1.165) is 40.2 Å². The normalized spacial score (nSPS) is 11.1. The molecule has 2 aromatic carbocycles. The number of para-hydroxylation sites is 1. The number of aryl methyl sites for hydroxylation is 1. The lowest BCUT2D eigenvalue weighted by molar-refractivity contribution is 0.415. The van der Waals surface area contributed by atoms with Crippen LogP contribution < -0.4 is 10.1 Å². The van der Waals surface area contributed by atoms with E-state index in [-0.39, 0.29) is 0 Å². The Morgan fingerprint density at radius 3 is 2.58 bits per heavy atom. The first kappa shape index (κ1) is 14.4. The van der Waals surface area contributed by atoms with Crippen molar-refractivity contribution in [2.45, 2.75) is 13.3 Å². The Morgan fingerprint density at radius 2 is 1.83 bits per heavy atom. The number of ether oxygens (including phenoxy) is 1. The van der Waals surface area contributed by atoms with Crippen molar-refractivity contribution in [3.05, 3.63) is 54.4 Å². The van der Waals surface area contributed by atoms with Crippen LogP contribution in [-0.4, -0.2) is 26.7 Å². The highest BCUT2D eigenvalue weighted by Crippen LogP contribution is 2.25. The Kier molecular flexibility index (Phi) is 3.49. The van der Waals surface area contributed by atoms with E-state index in [1.807, 2.05) is 52.9 Å². The lowest BCUT2D eigenvalue weighted by Crippen LogP contribution is -2.05. The van der Waals surface area contributed by atoms with Crippen LogP contribution in [0.3, 0.4) is 0 Å². The molecule has 0 aliphatic carbocycles. The Hall–Kier alpha value is -3.15. The number of benzene rings is 2. The van der Waals surface area contributed by atoms with Crippen molar-refractivity contribution < 1.29 is 4.74 Å². The van der Waals surface area contributed by atoms with Crippen molar-refractivity contribution in [2.75, 3.05) is 12.4 Å². The summed E-state index contributed by atoms with van der Waals surface area (Å²) in [5.74, 6) is 2.39. The fourth-order valence-corrected chi connectivity index (χ4v) is 2.75. The van der Waals surface area contributed by atoms with Crippen molar-refractivity contribution in [1.82, 2.24) is 19.6 Å². The van der Waals surface area contributed by atoms with Crippen LogP contribution in [0.2, 0.25) is 0 Å². The van der Waals surface area contributed by atoms with E-state index in [1.165, 1.54) is 0 Å². The fourth-order valence-electron chi connectivity index (χ4n) is 2.75. The van der Waals surface area contributed by atoms with E-state index in [2.05, 4.69) is 22.4 Å². The van der Waals surface area contributed by atoms with Crippen LogP contribution >= 0.6 is 0 Å². The molecule has 0 saturated heterocycles. The topological polar surface area (TPSA) is 64.3 Å². The maximum atomic E-state index is 5.20. The zero-order valence-corrected chi connectivity index (χ0v) is 13.5. The number of nitrogens with zero attached hydrogens (tertiary/aromatic N) is 4. The van der Waals surface area contributed by atoms with E-state index in [0.29, 0.717) is 5.95 Å². The third kappa shape index (κ3) is 2.32. The number of methoxy groups -OCH3 is 1. The maximum Gasteiger partial charge on any atom is 0.215 e. The first-order valence-corrected chi connectivity index (χ1v) is 7.84. The van der Waals surface area contributed by atoms with Gasteiger partial charge in [-0.25, -0.2) is 9.38 Å². The summed E-state index contributed by atoms with van der Waals surface area (Å²) in [6.45, 7) is 2.06. The Balaban J connectivity index is 1.89. The first-order valence-electron chi connectivity index (χ1n) is 7.84. The largest absolute Gasteiger partial charge is 0.497 e. The molecule has 6 heteroatoms. The maximum absolute atomic E-state index is 5.20. The van der Waals surface area contributed by atoms with Crippen LogP contribution in [0.5, 0.6) is 5.75 Å². The molecule has 4 rings (SSSR count). The molecule has 2 heterocycles. The molecule has 0 aliphatic heterocycles. The van der Waals surface area contributed by atoms with Crippen LogP contribution in [-0.2, 0) is 6.42 Å². The number of anilines is 2. The molecule has 6 nitrogen and oxygen atoms in total. The summed E-state index contributed by atoms with van der Waals surface area (Å²) in [6.07, 6.45) is 0.776. The van der Waals surface area contributed by atoms with Gasteiger partial charge in [0.1, 0.15) is 11.6 Å². The molecule has 0 aliphatic rings.